The van der Waals surface area contributed by atoms with E-state index in [1.165, 1.54) is 25.3 Å². The number of nitro groups is 1. The highest BCUT2D eigenvalue weighted by Gasteiger charge is 2.43. The van der Waals surface area contributed by atoms with Crippen LogP contribution in [0.15, 0.2) is 72.8 Å². The molecule has 0 aliphatic carbocycles. The highest BCUT2D eigenvalue weighted by molar-refractivity contribution is 6.40. The van der Waals surface area contributed by atoms with Crippen molar-refractivity contribution >= 4 is 57.3 Å². The smallest absolute Gasteiger partial charge is 0.342 e. The van der Waals surface area contributed by atoms with Gasteiger partial charge in [-0.1, -0.05) is 60.1 Å². The fraction of sp³-hybridized carbons (Fsp3) is 0.0714. The van der Waals surface area contributed by atoms with Crippen LogP contribution >= 0.6 is 11.6 Å². The molecule has 1 aliphatic heterocycles. The Labute approximate surface area is 225 Å². The van der Waals surface area contributed by atoms with Crippen LogP contribution in [0, 0.1) is 10.1 Å². The summed E-state index contributed by atoms with van der Waals surface area (Å²) in [5, 5.41) is 12.8. The van der Waals surface area contributed by atoms with Crippen LogP contribution in [-0.2, 0) is 4.74 Å². The summed E-state index contributed by atoms with van der Waals surface area (Å²) < 4.78 is 10.5. The van der Waals surface area contributed by atoms with Gasteiger partial charge < -0.3 is 9.47 Å². The van der Waals surface area contributed by atoms with E-state index in [1.54, 1.807) is 24.3 Å². The molecule has 0 aromatic heterocycles. The van der Waals surface area contributed by atoms with Gasteiger partial charge in [-0.25, -0.2) is 9.69 Å². The number of rotatable bonds is 7. The third-order valence-corrected chi connectivity index (χ3v) is 6.55. The molecule has 0 fully saturated rings. The number of nitrogens with zero attached hydrogens (tertiary/aromatic N) is 2. The van der Waals surface area contributed by atoms with Gasteiger partial charge in [0.15, 0.2) is 6.61 Å². The number of carbonyl (C=O) groups is 4. The second-order valence-electron chi connectivity index (χ2n) is 8.43. The van der Waals surface area contributed by atoms with Gasteiger partial charge >= 0.3 is 5.97 Å². The van der Waals surface area contributed by atoms with Crippen molar-refractivity contribution < 1.29 is 33.6 Å². The molecule has 39 heavy (non-hydrogen) atoms. The topological polar surface area (TPSA) is 133 Å². The minimum absolute atomic E-state index is 0.0944. The summed E-state index contributed by atoms with van der Waals surface area (Å²) in [7, 11) is 1.25. The summed E-state index contributed by atoms with van der Waals surface area (Å²) in [5.41, 5.74) is -0.942. The van der Waals surface area contributed by atoms with Crippen LogP contribution in [0.4, 0.5) is 11.4 Å². The maximum atomic E-state index is 13.1. The van der Waals surface area contributed by atoms with Crippen LogP contribution < -0.4 is 9.64 Å². The van der Waals surface area contributed by atoms with Crippen molar-refractivity contribution in [1.29, 1.82) is 0 Å². The van der Waals surface area contributed by atoms with Gasteiger partial charge in [0.05, 0.1) is 28.3 Å². The van der Waals surface area contributed by atoms with Gasteiger partial charge in [-0.2, -0.15) is 0 Å². The quantitative estimate of drug-likeness (QED) is 0.101. The Morgan fingerprint density at radius 2 is 1.67 bits per heavy atom. The maximum Gasteiger partial charge on any atom is 0.342 e. The molecular formula is C28H17ClN2O8. The number of ether oxygens (including phenoxy) is 2. The Hall–Kier alpha value is -5.09. The number of fused-ring (bicyclic) bond motifs is 2. The number of Topliss-reactive ketones (excluding diaryl/α,β-unsaturated/α-hetero) is 1. The predicted molar refractivity (Wildman–Crippen MR) is 141 cm³/mol. The second-order valence-corrected chi connectivity index (χ2v) is 8.84. The number of anilines is 1. The molecule has 0 atom stereocenters. The lowest BCUT2D eigenvalue weighted by molar-refractivity contribution is -0.385. The molecule has 0 saturated heterocycles. The predicted octanol–water partition coefficient (Wildman–Crippen LogP) is 5.25. The molecule has 1 aliphatic rings. The molecule has 0 bridgehead atoms. The number of methoxy groups -OCH3 is 1. The molecule has 1 heterocycles. The third kappa shape index (κ3) is 4.36. The molecule has 4 aromatic carbocycles. The Morgan fingerprint density at radius 3 is 2.41 bits per heavy atom. The first-order chi connectivity index (χ1) is 18.7. The molecule has 10 nitrogen and oxygen atoms in total. The zero-order valence-corrected chi connectivity index (χ0v) is 20.9. The van der Waals surface area contributed by atoms with Crippen molar-refractivity contribution in [2.75, 3.05) is 18.6 Å². The van der Waals surface area contributed by atoms with Gasteiger partial charge in [0.1, 0.15) is 16.9 Å². The van der Waals surface area contributed by atoms with E-state index in [9.17, 15) is 29.3 Å². The number of amides is 2. The number of ketones is 1. The summed E-state index contributed by atoms with van der Waals surface area (Å²) in [6, 6.07) is 18.6. The molecule has 0 unspecified atom stereocenters. The molecule has 194 valence electrons. The first-order valence-corrected chi connectivity index (χ1v) is 11.8. The first-order valence-electron chi connectivity index (χ1n) is 11.4. The molecule has 0 spiro atoms. The lowest BCUT2D eigenvalue weighted by Gasteiger charge is -2.18. The van der Waals surface area contributed by atoms with Gasteiger partial charge in [0.2, 0.25) is 5.78 Å². The summed E-state index contributed by atoms with van der Waals surface area (Å²) >= 11 is 6.37. The van der Waals surface area contributed by atoms with Crippen molar-refractivity contribution in [3.05, 3.63) is 110 Å². The van der Waals surface area contributed by atoms with E-state index in [2.05, 4.69) is 0 Å². The monoisotopic (exact) mass is 544 g/mol. The van der Waals surface area contributed by atoms with E-state index in [0.29, 0.717) is 15.8 Å². The number of benzene rings is 4. The third-order valence-electron chi connectivity index (χ3n) is 6.24. The van der Waals surface area contributed by atoms with E-state index in [-0.39, 0.29) is 33.1 Å². The number of nitro benzene ring substituents is 1. The number of halogens is 1. The Kier molecular flexibility index (Phi) is 6.55. The Balaban J connectivity index is 1.41. The number of imide groups is 1. The van der Waals surface area contributed by atoms with Gasteiger partial charge in [0, 0.05) is 17.7 Å². The average molecular weight is 545 g/mol. The maximum absolute atomic E-state index is 13.1. The molecule has 0 saturated carbocycles. The van der Waals surface area contributed by atoms with E-state index in [4.69, 9.17) is 21.1 Å². The standard InChI is InChI=1S/C28H17ClN2O8/c1-38-24-13-22(30-26(33)18-10-5-11-21(31(36)37)25(18)27(30)34)20(29)12-19(24)28(35)39-14-23(32)17-9-4-7-15-6-2-3-8-16(15)17/h2-13H,14H2,1H3. The van der Waals surface area contributed by atoms with E-state index in [1.807, 2.05) is 18.2 Å². The van der Waals surface area contributed by atoms with E-state index in [0.717, 1.165) is 17.5 Å². The number of carbonyl (C=O) groups excluding carboxylic acids is 4. The number of hydrogen-bond donors (Lipinski definition) is 0. The molecule has 0 N–H and O–H groups in total. The minimum atomic E-state index is -0.942. The van der Waals surface area contributed by atoms with Crippen LogP contribution in [0.5, 0.6) is 5.75 Å². The largest absolute Gasteiger partial charge is 0.496 e. The molecular weight excluding hydrogens is 528 g/mol. The minimum Gasteiger partial charge on any atom is -0.496 e. The van der Waals surface area contributed by atoms with Crippen LogP contribution in [0.3, 0.4) is 0 Å². The second kappa shape index (κ2) is 9.99. The zero-order valence-electron chi connectivity index (χ0n) is 20.2. The fourth-order valence-electron chi connectivity index (χ4n) is 4.44. The normalized spacial score (nSPS) is 12.4. The lowest BCUT2D eigenvalue weighted by atomic mass is 10.0. The molecule has 5 rings (SSSR count). The number of esters is 1. The number of hydrogen-bond acceptors (Lipinski definition) is 8. The van der Waals surface area contributed by atoms with Crippen LogP contribution in [-0.4, -0.2) is 42.2 Å². The summed E-state index contributed by atoms with van der Waals surface area (Å²) in [6.07, 6.45) is 0. The molecule has 11 heteroatoms. The fourth-order valence-corrected chi connectivity index (χ4v) is 4.68. The van der Waals surface area contributed by atoms with Crippen LogP contribution in [0.25, 0.3) is 10.8 Å². The van der Waals surface area contributed by atoms with Gasteiger partial charge in [0.25, 0.3) is 17.5 Å². The average Bonchev–Trinajstić information content (AvgIpc) is 3.20. The highest BCUT2D eigenvalue weighted by Crippen LogP contribution is 2.40. The Bertz CT molecular complexity index is 1730. The van der Waals surface area contributed by atoms with E-state index < -0.39 is 40.8 Å². The zero-order chi connectivity index (χ0) is 27.8. The van der Waals surface area contributed by atoms with Crippen LogP contribution in [0.1, 0.15) is 41.4 Å². The van der Waals surface area contributed by atoms with Crippen LogP contribution in [0.2, 0.25) is 5.02 Å². The van der Waals surface area contributed by atoms with Gasteiger partial charge in [-0.3, -0.25) is 24.5 Å². The summed E-state index contributed by atoms with van der Waals surface area (Å²) in [6.45, 7) is -0.558. The van der Waals surface area contributed by atoms with Crippen molar-refractivity contribution in [3.63, 3.8) is 0 Å². The highest BCUT2D eigenvalue weighted by atomic mass is 35.5. The van der Waals surface area contributed by atoms with E-state index >= 15 is 0 Å². The van der Waals surface area contributed by atoms with Crippen molar-refractivity contribution in [2.24, 2.45) is 0 Å². The van der Waals surface area contributed by atoms with Crippen molar-refractivity contribution in [1.82, 2.24) is 0 Å². The van der Waals surface area contributed by atoms with Gasteiger partial charge in [-0.15, -0.1) is 0 Å². The summed E-state index contributed by atoms with van der Waals surface area (Å²) in [4.78, 5) is 63.2. The first kappa shape index (κ1) is 25.6. The van der Waals surface area contributed by atoms with Crippen molar-refractivity contribution in [3.8, 4) is 5.75 Å². The summed E-state index contributed by atoms with van der Waals surface area (Å²) in [5.74, 6) is -3.20. The van der Waals surface area contributed by atoms with Crippen molar-refractivity contribution in [2.45, 2.75) is 0 Å². The lowest BCUT2D eigenvalue weighted by Crippen LogP contribution is -2.30. The SMILES string of the molecule is COc1cc(N2C(=O)c3cccc([N+](=O)[O-])c3C2=O)c(Cl)cc1C(=O)OCC(=O)c1cccc2ccccc12. The Morgan fingerprint density at radius 1 is 0.949 bits per heavy atom. The molecule has 0 radical (unpaired) electrons. The molecule has 2 amide bonds. The molecule has 4 aromatic rings. The van der Waals surface area contributed by atoms with Gasteiger partial charge in [-0.05, 0) is 22.9 Å².